The lowest BCUT2D eigenvalue weighted by Crippen LogP contribution is -2.55. The van der Waals surface area contributed by atoms with Gasteiger partial charge in [0.05, 0.1) is 40.3 Å². The predicted molar refractivity (Wildman–Crippen MR) is 249 cm³/mol. The molecule has 0 spiro atoms. The fourth-order valence-corrected chi connectivity index (χ4v) is 6.12. The van der Waals surface area contributed by atoms with E-state index in [0.717, 1.165) is 89.9 Å². The van der Waals surface area contributed by atoms with Crippen LogP contribution in [0, 0.1) is 0 Å². The van der Waals surface area contributed by atoms with Crippen molar-refractivity contribution in [1.82, 2.24) is 0 Å². The molecule has 0 bridgehead atoms. The second-order valence-corrected chi connectivity index (χ2v) is 16.3. The number of carbonyl (C=O) groups is 3. The molecule has 340 valence electrons. The summed E-state index contributed by atoms with van der Waals surface area (Å²) in [5.74, 6) is -1.82. The van der Waals surface area contributed by atoms with E-state index in [9.17, 15) is 19.5 Å². The third kappa shape index (κ3) is 39.7. The first-order valence-corrected chi connectivity index (χ1v) is 23.3. The molecule has 0 fully saturated rings. The van der Waals surface area contributed by atoms with E-state index in [1.54, 1.807) is 21.1 Å². The Kier molecular flexibility index (Phi) is 39.3. The SMILES string of the molecule is CC/C=C/C/C=C/C/C=C/C/C=C/C/C=C/C/C=C/CCCCC(=O)OC(COCCC(C(=O)[O-])[N+](C)(C)C)COC(=O)CCCCCCCC/C=C/C=C/CCCCC. The van der Waals surface area contributed by atoms with E-state index >= 15 is 0 Å². The summed E-state index contributed by atoms with van der Waals surface area (Å²) in [7, 11) is 5.38. The lowest BCUT2D eigenvalue weighted by molar-refractivity contribution is -0.889. The second-order valence-electron chi connectivity index (χ2n) is 16.3. The van der Waals surface area contributed by atoms with Gasteiger partial charge < -0.3 is 28.6 Å². The number of carboxylic acid groups (broad SMARTS) is 1. The van der Waals surface area contributed by atoms with Gasteiger partial charge in [-0.1, -0.05) is 150 Å². The molecule has 8 nitrogen and oxygen atoms in total. The molecule has 60 heavy (non-hydrogen) atoms. The molecule has 0 aromatic carbocycles. The number of esters is 2. The maximum atomic E-state index is 12.7. The lowest BCUT2D eigenvalue weighted by Gasteiger charge is -2.34. The van der Waals surface area contributed by atoms with Gasteiger partial charge in [-0.3, -0.25) is 9.59 Å². The molecule has 0 rings (SSSR count). The summed E-state index contributed by atoms with van der Waals surface area (Å²) in [5, 5.41) is 11.6. The van der Waals surface area contributed by atoms with Crippen LogP contribution in [0.5, 0.6) is 0 Å². The molecule has 0 aliphatic rings. The summed E-state index contributed by atoms with van der Waals surface area (Å²) in [6.07, 6.45) is 55.7. The molecule has 0 saturated heterocycles. The molecule has 0 aliphatic heterocycles. The van der Waals surface area contributed by atoms with Crippen molar-refractivity contribution in [3.8, 4) is 0 Å². The van der Waals surface area contributed by atoms with Crippen molar-refractivity contribution in [3.63, 3.8) is 0 Å². The van der Waals surface area contributed by atoms with Gasteiger partial charge in [0.2, 0.25) is 0 Å². The van der Waals surface area contributed by atoms with Crippen molar-refractivity contribution < 1.29 is 38.2 Å². The highest BCUT2D eigenvalue weighted by Crippen LogP contribution is 2.12. The Hall–Kier alpha value is -3.75. The van der Waals surface area contributed by atoms with Crippen LogP contribution in [0.25, 0.3) is 0 Å². The molecule has 0 heterocycles. The van der Waals surface area contributed by atoms with E-state index in [1.807, 2.05) is 0 Å². The average molecular weight is 836 g/mol. The minimum atomic E-state index is -1.14. The molecule has 0 amide bonds. The Morgan fingerprint density at radius 3 is 1.52 bits per heavy atom. The highest BCUT2D eigenvalue weighted by molar-refractivity contribution is 5.70. The molecule has 2 atom stereocenters. The molecule has 0 aromatic heterocycles. The molecule has 0 saturated carbocycles. The molecular weight excluding hydrogens is 751 g/mol. The zero-order valence-corrected chi connectivity index (χ0v) is 38.6. The number of aliphatic carboxylic acids is 1. The number of allylic oxidation sites excluding steroid dienone is 16. The van der Waals surface area contributed by atoms with Crippen LogP contribution in [0.3, 0.4) is 0 Å². The van der Waals surface area contributed by atoms with Crippen molar-refractivity contribution in [2.75, 3.05) is 41.0 Å². The summed E-state index contributed by atoms with van der Waals surface area (Å²) in [5.41, 5.74) is 0. The number of hydrogen-bond acceptors (Lipinski definition) is 7. The van der Waals surface area contributed by atoms with Crippen LogP contribution in [-0.4, -0.2) is 75.5 Å². The quantitative estimate of drug-likeness (QED) is 0.0199. The van der Waals surface area contributed by atoms with Gasteiger partial charge in [0, 0.05) is 19.3 Å². The Bertz CT molecular complexity index is 1300. The zero-order chi connectivity index (χ0) is 44.2. The number of ether oxygens (including phenoxy) is 3. The van der Waals surface area contributed by atoms with Crippen LogP contribution in [-0.2, 0) is 28.6 Å². The molecule has 8 heteroatoms. The molecule has 2 unspecified atom stereocenters. The Morgan fingerprint density at radius 2 is 0.983 bits per heavy atom. The van der Waals surface area contributed by atoms with Gasteiger partial charge in [0.25, 0.3) is 0 Å². The highest BCUT2D eigenvalue weighted by Gasteiger charge is 2.25. The monoisotopic (exact) mass is 836 g/mol. The minimum Gasteiger partial charge on any atom is -0.544 e. The summed E-state index contributed by atoms with van der Waals surface area (Å²) in [6.45, 7) is 4.44. The third-order valence-corrected chi connectivity index (χ3v) is 9.73. The van der Waals surface area contributed by atoms with Crippen LogP contribution >= 0.6 is 0 Å². The molecular formula is C52H85NO7. The first-order valence-electron chi connectivity index (χ1n) is 23.3. The average Bonchev–Trinajstić information content (AvgIpc) is 3.21. The maximum absolute atomic E-state index is 12.7. The number of nitrogens with zero attached hydrogens (tertiary/aromatic N) is 1. The summed E-state index contributed by atoms with van der Waals surface area (Å²) >= 11 is 0. The van der Waals surface area contributed by atoms with Crippen molar-refractivity contribution in [2.24, 2.45) is 0 Å². The van der Waals surface area contributed by atoms with E-state index in [0.29, 0.717) is 12.8 Å². The predicted octanol–water partition coefficient (Wildman–Crippen LogP) is 11.7. The number of rotatable bonds is 40. The number of quaternary nitrogens is 1. The molecule has 0 aliphatic carbocycles. The van der Waals surface area contributed by atoms with Gasteiger partial charge in [0.15, 0.2) is 6.10 Å². The number of carbonyl (C=O) groups excluding carboxylic acids is 3. The molecule has 0 radical (unpaired) electrons. The van der Waals surface area contributed by atoms with Crippen LogP contribution in [0.1, 0.15) is 162 Å². The summed E-state index contributed by atoms with van der Waals surface area (Å²) < 4.78 is 17.1. The van der Waals surface area contributed by atoms with Crippen LogP contribution < -0.4 is 5.11 Å². The van der Waals surface area contributed by atoms with E-state index in [2.05, 4.69) is 111 Å². The Morgan fingerprint density at radius 1 is 0.533 bits per heavy atom. The van der Waals surface area contributed by atoms with E-state index < -0.39 is 18.1 Å². The smallest absolute Gasteiger partial charge is 0.306 e. The van der Waals surface area contributed by atoms with Crippen molar-refractivity contribution >= 4 is 17.9 Å². The normalized spacial score (nSPS) is 13.8. The van der Waals surface area contributed by atoms with Crippen molar-refractivity contribution in [1.29, 1.82) is 0 Å². The lowest BCUT2D eigenvalue weighted by atomic mass is 10.1. The zero-order valence-electron chi connectivity index (χ0n) is 38.6. The van der Waals surface area contributed by atoms with Gasteiger partial charge in [0.1, 0.15) is 12.6 Å². The van der Waals surface area contributed by atoms with Crippen LogP contribution in [0.15, 0.2) is 97.2 Å². The van der Waals surface area contributed by atoms with Gasteiger partial charge >= 0.3 is 11.9 Å². The Labute approximate surface area is 366 Å². The standard InChI is InChI=1S/C52H85NO7/c1-6-8-10-12-14-16-18-20-22-23-24-25-26-27-29-31-33-35-37-39-41-43-51(55)60-48(46-58-45-44-49(52(56)57)53(3,4)5)47-59-50(54)42-40-38-36-34-32-30-28-21-19-17-15-13-11-9-7-2/h8,10,14-17,19-22,24-25,27,29,33,35,48-49H,6-7,9,11-13,18,23,26,28,30-32,34,36-47H2,1-5H3/b10-8+,16-14+,17-15+,21-19+,22-20+,25-24+,29-27+,35-33+. The van der Waals surface area contributed by atoms with Gasteiger partial charge in [-0.2, -0.15) is 0 Å². The minimum absolute atomic E-state index is 0.0128. The second kappa shape index (κ2) is 42.0. The highest BCUT2D eigenvalue weighted by atomic mass is 16.6. The van der Waals surface area contributed by atoms with E-state index in [-0.39, 0.29) is 49.1 Å². The number of hydrogen-bond donors (Lipinski definition) is 0. The first kappa shape index (κ1) is 56.2. The number of carboxylic acids is 1. The van der Waals surface area contributed by atoms with Crippen molar-refractivity contribution in [2.45, 2.75) is 174 Å². The fourth-order valence-electron chi connectivity index (χ4n) is 6.12. The Balaban J connectivity index is 4.45. The topological polar surface area (TPSA) is 102 Å². The maximum Gasteiger partial charge on any atom is 0.306 e. The third-order valence-electron chi connectivity index (χ3n) is 9.73. The van der Waals surface area contributed by atoms with Gasteiger partial charge in [-0.15, -0.1) is 0 Å². The number of likely N-dealkylation sites (N-methyl/N-ethyl adjacent to an activating group) is 1. The number of unbranched alkanes of at least 4 members (excludes halogenated alkanes) is 11. The summed E-state index contributed by atoms with van der Waals surface area (Å²) in [6, 6.07) is -0.742. The van der Waals surface area contributed by atoms with Gasteiger partial charge in [-0.05, 0) is 89.9 Å². The van der Waals surface area contributed by atoms with Crippen molar-refractivity contribution in [3.05, 3.63) is 97.2 Å². The largest absolute Gasteiger partial charge is 0.544 e. The van der Waals surface area contributed by atoms with E-state index in [1.165, 1.54) is 32.1 Å². The molecule has 0 N–H and O–H groups in total. The van der Waals surface area contributed by atoms with Gasteiger partial charge in [-0.25, -0.2) is 0 Å². The fraction of sp³-hybridized carbons (Fsp3) is 0.635. The first-order chi connectivity index (χ1) is 29.1. The van der Waals surface area contributed by atoms with Crippen LogP contribution in [0.4, 0.5) is 0 Å². The van der Waals surface area contributed by atoms with Crippen LogP contribution in [0.2, 0.25) is 0 Å². The summed E-state index contributed by atoms with van der Waals surface area (Å²) in [4.78, 5) is 36.9. The van der Waals surface area contributed by atoms with E-state index in [4.69, 9.17) is 14.2 Å². The molecule has 0 aromatic rings.